The van der Waals surface area contributed by atoms with Gasteiger partial charge in [-0.05, 0) is 18.3 Å². The fourth-order valence-corrected chi connectivity index (χ4v) is 2.64. The van der Waals surface area contributed by atoms with E-state index >= 15 is 0 Å². The molecule has 0 N–H and O–H groups in total. The Bertz CT molecular complexity index is 95.0. The summed E-state index contributed by atoms with van der Waals surface area (Å²) in [7, 11) is 0. The molecule has 0 amide bonds. The molecule has 0 saturated heterocycles. The number of hydrogen-bond acceptors (Lipinski definition) is 0. The van der Waals surface area contributed by atoms with E-state index in [0.717, 1.165) is 17.7 Å². The van der Waals surface area contributed by atoms with Crippen LogP contribution in [0.2, 0.25) is 0 Å². The first-order valence-corrected chi connectivity index (χ1v) is 5.48. The van der Waals surface area contributed by atoms with Gasteiger partial charge in [-0.2, -0.15) is 0 Å². The monoisotopic (exact) mass is 174 g/mol. The molecule has 1 heteroatoms. The Kier molecular flexibility index (Phi) is 4.29. The third kappa shape index (κ3) is 2.66. The standard InChI is InChI=1S/C10H19Cl/c1-2-5-10(8-11)9-6-3-4-7-9/h9-10H,2-8H2,1H3. The molecule has 1 fully saturated rings. The normalized spacial score (nSPS) is 22.4. The first-order chi connectivity index (χ1) is 5.38. The highest BCUT2D eigenvalue weighted by Crippen LogP contribution is 2.34. The Morgan fingerprint density at radius 2 is 2.00 bits per heavy atom. The van der Waals surface area contributed by atoms with Gasteiger partial charge in [0.2, 0.25) is 0 Å². The quantitative estimate of drug-likeness (QED) is 0.569. The van der Waals surface area contributed by atoms with Gasteiger partial charge in [0.25, 0.3) is 0 Å². The van der Waals surface area contributed by atoms with Gasteiger partial charge in [0, 0.05) is 5.88 Å². The van der Waals surface area contributed by atoms with Crippen molar-refractivity contribution in [3.8, 4) is 0 Å². The van der Waals surface area contributed by atoms with Crippen LogP contribution in [-0.4, -0.2) is 5.88 Å². The van der Waals surface area contributed by atoms with Crippen molar-refractivity contribution in [3.05, 3.63) is 0 Å². The van der Waals surface area contributed by atoms with E-state index in [1.807, 2.05) is 0 Å². The number of alkyl halides is 1. The van der Waals surface area contributed by atoms with Gasteiger partial charge < -0.3 is 0 Å². The summed E-state index contributed by atoms with van der Waals surface area (Å²) in [6.07, 6.45) is 8.42. The number of halogens is 1. The van der Waals surface area contributed by atoms with Gasteiger partial charge in [-0.25, -0.2) is 0 Å². The van der Waals surface area contributed by atoms with E-state index in [-0.39, 0.29) is 0 Å². The smallest absolute Gasteiger partial charge is 0.0254 e. The van der Waals surface area contributed by atoms with E-state index in [1.165, 1.54) is 38.5 Å². The first kappa shape index (κ1) is 9.38. The molecule has 1 rings (SSSR count). The Labute approximate surface area is 75.3 Å². The molecular weight excluding hydrogens is 156 g/mol. The molecule has 1 atom stereocenters. The van der Waals surface area contributed by atoms with Crippen molar-refractivity contribution in [1.29, 1.82) is 0 Å². The highest BCUT2D eigenvalue weighted by atomic mass is 35.5. The molecule has 0 aromatic carbocycles. The van der Waals surface area contributed by atoms with E-state index < -0.39 is 0 Å². The first-order valence-electron chi connectivity index (χ1n) is 4.94. The van der Waals surface area contributed by atoms with Crippen molar-refractivity contribution in [3.63, 3.8) is 0 Å². The summed E-state index contributed by atoms with van der Waals surface area (Å²) in [6.45, 7) is 2.26. The Morgan fingerprint density at radius 3 is 2.45 bits per heavy atom. The molecule has 1 aliphatic carbocycles. The van der Waals surface area contributed by atoms with Gasteiger partial charge in [-0.3, -0.25) is 0 Å². The van der Waals surface area contributed by atoms with Crippen LogP contribution in [0.15, 0.2) is 0 Å². The van der Waals surface area contributed by atoms with E-state index in [0.29, 0.717) is 0 Å². The molecule has 0 spiro atoms. The zero-order valence-corrected chi connectivity index (χ0v) is 8.24. The van der Waals surface area contributed by atoms with Crippen LogP contribution < -0.4 is 0 Å². The van der Waals surface area contributed by atoms with Gasteiger partial charge in [-0.1, -0.05) is 39.0 Å². The summed E-state index contributed by atoms with van der Waals surface area (Å²) < 4.78 is 0. The van der Waals surface area contributed by atoms with Crippen molar-refractivity contribution < 1.29 is 0 Å². The molecule has 0 heterocycles. The van der Waals surface area contributed by atoms with Crippen molar-refractivity contribution >= 4 is 11.6 Å². The van der Waals surface area contributed by atoms with Crippen molar-refractivity contribution in [2.75, 3.05) is 5.88 Å². The summed E-state index contributed by atoms with van der Waals surface area (Å²) in [5.74, 6) is 2.68. The lowest BCUT2D eigenvalue weighted by Gasteiger charge is -2.19. The lowest BCUT2D eigenvalue weighted by atomic mass is 9.89. The van der Waals surface area contributed by atoms with Gasteiger partial charge in [-0.15, -0.1) is 11.6 Å². The van der Waals surface area contributed by atoms with Crippen LogP contribution in [0.25, 0.3) is 0 Å². The third-order valence-electron chi connectivity index (χ3n) is 2.92. The van der Waals surface area contributed by atoms with Gasteiger partial charge in [0.15, 0.2) is 0 Å². The molecule has 1 unspecified atom stereocenters. The molecule has 0 aromatic heterocycles. The van der Waals surface area contributed by atoms with Crippen LogP contribution in [0, 0.1) is 11.8 Å². The zero-order valence-electron chi connectivity index (χ0n) is 7.48. The van der Waals surface area contributed by atoms with E-state index in [9.17, 15) is 0 Å². The van der Waals surface area contributed by atoms with Crippen LogP contribution in [-0.2, 0) is 0 Å². The molecule has 11 heavy (non-hydrogen) atoms. The van der Waals surface area contributed by atoms with Crippen molar-refractivity contribution in [1.82, 2.24) is 0 Å². The third-order valence-corrected chi connectivity index (χ3v) is 3.32. The lowest BCUT2D eigenvalue weighted by molar-refractivity contribution is 0.347. The van der Waals surface area contributed by atoms with Gasteiger partial charge in [0.1, 0.15) is 0 Å². The second-order valence-corrected chi connectivity index (χ2v) is 4.06. The summed E-state index contributed by atoms with van der Waals surface area (Å²) in [4.78, 5) is 0. The lowest BCUT2D eigenvalue weighted by Crippen LogP contribution is -2.12. The zero-order chi connectivity index (χ0) is 8.10. The van der Waals surface area contributed by atoms with Crippen molar-refractivity contribution in [2.24, 2.45) is 11.8 Å². The predicted octanol–water partition coefficient (Wildman–Crippen LogP) is 3.83. The van der Waals surface area contributed by atoms with E-state index in [2.05, 4.69) is 6.92 Å². The maximum atomic E-state index is 5.93. The Morgan fingerprint density at radius 1 is 1.36 bits per heavy atom. The molecule has 0 aliphatic heterocycles. The second-order valence-electron chi connectivity index (χ2n) is 3.75. The van der Waals surface area contributed by atoms with Crippen LogP contribution in [0.1, 0.15) is 45.4 Å². The SMILES string of the molecule is CCCC(CCl)C1CCCC1. The fourth-order valence-electron chi connectivity index (χ4n) is 2.24. The van der Waals surface area contributed by atoms with E-state index in [4.69, 9.17) is 11.6 Å². The molecule has 0 bridgehead atoms. The van der Waals surface area contributed by atoms with Crippen LogP contribution in [0.3, 0.4) is 0 Å². The predicted molar refractivity (Wildman–Crippen MR) is 51.1 cm³/mol. The average molecular weight is 175 g/mol. The van der Waals surface area contributed by atoms with Gasteiger partial charge >= 0.3 is 0 Å². The Balaban J connectivity index is 2.27. The largest absolute Gasteiger partial charge is 0.126 e. The molecule has 1 saturated carbocycles. The molecule has 66 valence electrons. The minimum absolute atomic E-state index is 0.823. The molecule has 1 aliphatic rings. The van der Waals surface area contributed by atoms with Crippen LogP contribution in [0.4, 0.5) is 0 Å². The minimum Gasteiger partial charge on any atom is -0.126 e. The summed E-state index contributed by atoms with van der Waals surface area (Å²) in [5, 5.41) is 0. The maximum absolute atomic E-state index is 5.93. The highest BCUT2D eigenvalue weighted by Gasteiger charge is 2.23. The molecule has 0 aromatic rings. The van der Waals surface area contributed by atoms with Gasteiger partial charge in [0.05, 0.1) is 0 Å². The Hall–Kier alpha value is 0.290. The van der Waals surface area contributed by atoms with E-state index in [1.54, 1.807) is 0 Å². The van der Waals surface area contributed by atoms with Crippen molar-refractivity contribution in [2.45, 2.75) is 45.4 Å². The van der Waals surface area contributed by atoms with Crippen LogP contribution in [0.5, 0.6) is 0 Å². The summed E-state index contributed by atoms with van der Waals surface area (Å²) in [5.41, 5.74) is 0. The highest BCUT2D eigenvalue weighted by molar-refractivity contribution is 6.18. The summed E-state index contributed by atoms with van der Waals surface area (Å²) in [6, 6.07) is 0. The fraction of sp³-hybridized carbons (Fsp3) is 1.00. The average Bonchev–Trinajstić information content (AvgIpc) is 2.52. The summed E-state index contributed by atoms with van der Waals surface area (Å²) >= 11 is 5.93. The molecular formula is C10H19Cl. The number of rotatable bonds is 4. The number of hydrogen-bond donors (Lipinski definition) is 0. The molecule has 0 nitrogen and oxygen atoms in total. The minimum atomic E-state index is 0.823. The topological polar surface area (TPSA) is 0 Å². The maximum Gasteiger partial charge on any atom is 0.0254 e. The van der Waals surface area contributed by atoms with Crippen LogP contribution >= 0.6 is 11.6 Å². The molecule has 0 radical (unpaired) electrons. The second kappa shape index (κ2) is 5.03.